The molecule has 0 radical (unpaired) electrons. The Bertz CT molecular complexity index is 650. The fraction of sp³-hybridized carbons (Fsp3) is 0.611. The van der Waals surface area contributed by atoms with Gasteiger partial charge in [0.05, 0.1) is 11.5 Å². The Kier molecular flexibility index (Phi) is 6.80. The first kappa shape index (κ1) is 18.9. The number of carbonyl (C=O) groups is 1. The molecule has 1 aliphatic rings. The van der Waals surface area contributed by atoms with E-state index in [2.05, 4.69) is 16.7 Å². The third-order valence-corrected chi connectivity index (χ3v) is 6.20. The number of hydrogen-bond acceptors (Lipinski definition) is 4. The Morgan fingerprint density at radius 2 is 2.17 bits per heavy atom. The van der Waals surface area contributed by atoms with Gasteiger partial charge in [-0.25, -0.2) is 8.42 Å². The van der Waals surface area contributed by atoms with Crippen LogP contribution in [0.5, 0.6) is 0 Å². The lowest BCUT2D eigenvalue weighted by Gasteiger charge is -2.23. The summed E-state index contributed by atoms with van der Waals surface area (Å²) in [7, 11) is -3.11. The summed E-state index contributed by atoms with van der Waals surface area (Å²) >= 11 is 0. The summed E-state index contributed by atoms with van der Waals surface area (Å²) in [6, 6.07) is 7.66. The van der Waals surface area contributed by atoms with Gasteiger partial charge in [0.15, 0.2) is 9.84 Å². The molecular formula is C18H28N2O3S. The van der Waals surface area contributed by atoms with Crippen LogP contribution >= 0.6 is 0 Å². The number of hydrogen-bond donors (Lipinski definition) is 2. The van der Waals surface area contributed by atoms with Crippen LogP contribution < -0.4 is 10.6 Å². The van der Waals surface area contributed by atoms with Gasteiger partial charge >= 0.3 is 0 Å². The van der Waals surface area contributed by atoms with Gasteiger partial charge in [-0.3, -0.25) is 4.79 Å². The average molecular weight is 353 g/mol. The molecule has 0 aromatic heterocycles. The highest BCUT2D eigenvalue weighted by atomic mass is 32.2. The van der Waals surface area contributed by atoms with Gasteiger partial charge in [0.1, 0.15) is 0 Å². The monoisotopic (exact) mass is 352 g/mol. The molecule has 1 aliphatic heterocycles. The minimum Gasteiger partial charge on any atom is -0.351 e. The normalized spacial score (nSPS) is 18.5. The number of nitrogens with one attached hydrogen (secondary N) is 2. The molecule has 0 spiro atoms. The summed E-state index contributed by atoms with van der Waals surface area (Å²) in [6.45, 7) is 5.91. The van der Waals surface area contributed by atoms with E-state index in [-0.39, 0.29) is 29.9 Å². The first-order valence-corrected chi connectivity index (χ1v) is 10.5. The van der Waals surface area contributed by atoms with Crippen LogP contribution in [-0.4, -0.2) is 45.5 Å². The molecule has 0 bridgehead atoms. The molecule has 1 saturated heterocycles. The van der Waals surface area contributed by atoms with Gasteiger partial charge < -0.3 is 10.6 Å². The Labute approximate surface area is 145 Å². The minimum atomic E-state index is -3.11. The zero-order valence-electron chi connectivity index (χ0n) is 14.5. The van der Waals surface area contributed by atoms with Crippen LogP contribution in [-0.2, 0) is 9.84 Å². The Hall–Kier alpha value is -1.40. The van der Waals surface area contributed by atoms with Gasteiger partial charge in [0, 0.05) is 18.7 Å². The third-order valence-electron chi connectivity index (χ3n) is 4.20. The smallest absolute Gasteiger partial charge is 0.251 e. The van der Waals surface area contributed by atoms with E-state index >= 15 is 0 Å². The highest BCUT2D eigenvalue weighted by molar-refractivity contribution is 7.91. The molecule has 1 aromatic rings. The van der Waals surface area contributed by atoms with Crippen molar-refractivity contribution in [1.82, 2.24) is 10.6 Å². The molecule has 5 nitrogen and oxygen atoms in total. The molecule has 1 amide bonds. The number of piperidine rings is 1. The summed E-state index contributed by atoms with van der Waals surface area (Å²) in [5.74, 6) is 0.487. The van der Waals surface area contributed by atoms with Gasteiger partial charge in [0.25, 0.3) is 5.91 Å². The predicted molar refractivity (Wildman–Crippen MR) is 97.1 cm³/mol. The van der Waals surface area contributed by atoms with E-state index < -0.39 is 9.84 Å². The molecule has 1 atom stereocenters. The van der Waals surface area contributed by atoms with Gasteiger partial charge in [-0.15, -0.1) is 0 Å². The molecule has 6 heteroatoms. The highest BCUT2D eigenvalue weighted by Crippen LogP contribution is 2.23. The summed E-state index contributed by atoms with van der Waals surface area (Å²) < 4.78 is 23.7. The molecule has 1 aromatic carbocycles. The fourth-order valence-corrected chi connectivity index (χ4v) is 4.68. The van der Waals surface area contributed by atoms with E-state index in [0.29, 0.717) is 11.5 Å². The number of rotatable bonds is 7. The van der Waals surface area contributed by atoms with Crippen molar-refractivity contribution in [2.24, 2.45) is 5.92 Å². The van der Waals surface area contributed by atoms with Crippen molar-refractivity contribution in [3.05, 3.63) is 35.4 Å². The lowest BCUT2D eigenvalue weighted by Crippen LogP contribution is -2.31. The predicted octanol–water partition coefficient (Wildman–Crippen LogP) is 1.95. The van der Waals surface area contributed by atoms with E-state index in [9.17, 15) is 13.2 Å². The second-order valence-electron chi connectivity index (χ2n) is 6.93. The fourth-order valence-electron chi connectivity index (χ4n) is 3.08. The van der Waals surface area contributed by atoms with Crippen LogP contribution in [0.4, 0.5) is 0 Å². The highest BCUT2D eigenvalue weighted by Gasteiger charge is 2.17. The SMILES string of the molecule is CC(C)CS(=O)(=O)CCNC(=O)c1cccc([C@H]2CCCNC2)c1. The molecule has 2 N–H and O–H groups in total. The lowest BCUT2D eigenvalue weighted by atomic mass is 9.90. The van der Waals surface area contributed by atoms with E-state index in [1.54, 1.807) is 6.07 Å². The van der Waals surface area contributed by atoms with E-state index in [0.717, 1.165) is 25.9 Å². The third kappa shape index (κ3) is 5.91. The van der Waals surface area contributed by atoms with Gasteiger partial charge in [-0.1, -0.05) is 26.0 Å². The second-order valence-corrected chi connectivity index (χ2v) is 9.16. The molecule has 0 unspecified atom stereocenters. The minimum absolute atomic E-state index is 0.0108. The maximum absolute atomic E-state index is 12.3. The first-order valence-electron chi connectivity index (χ1n) is 8.66. The average Bonchev–Trinajstić information content (AvgIpc) is 2.54. The van der Waals surface area contributed by atoms with Gasteiger partial charge in [-0.05, 0) is 48.9 Å². The first-order chi connectivity index (χ1) is 11.4. The van der Waals surface area contributed by atoms with Crippen LogP contribution in [0.2, 0.25) is 0 Å². The molecule has 1 heterocycles. The molecule has 0 aliphatic carbocycles. The number of amides is 1. The van der Waals surface area contributed by atoms with Crippen molar-refractivity contribution >= 4 is 15.7 Å². The molecule has 134 valence electrons. The molecule has 24 heavy (non-hydrogen) atoms. The quantitative estimate of drug-likeness (QED) is 0.786. The van der Waals surface area contributed by atoms with Crippen molar-refractivity contribution < 1.29 is 13.2 Å². The van der Waals surface area contributed by atoms with Crippen molar-refractivity contribution in [3.63, 3.8) is 0 Å². The zero-order chi connectivity index (χ0) is 17.6. The number of sulfone groups is 1. The molecule has 2 rings (SSSR count). The number of carbonyl (C=O) groups excluding carboxylic acids is 1. The Morgan fingerprint density at radius 1 is 1.38 bits per heavy atom. The van der Waals surface area contributed by atoms with Crippen molar-refractivity contribution in [3.8, 4) is 0 Å². The maximum atomic E-state index is 12.3. The lowest BCUT2D eigenvalue weighted by molar-refractivity contribution is 0.0956. The van der Waals surface area contributed by atoms with Crippen molar-refractivity contribution in [1.29, 1.82) is 0 Å². The van der Waals surface area contributed by atoms with E-state index in [4.69, 9.17) is 0 Å². The zero-order valence-corrected chi connectivity index (χ0v) is 15.4. The summed E-state index contributed by atoms with van der Waals surface area (Å²) in [4.78, 5) is 12.3. The van der Waals surface area contributed by atoms with Crippen LogP contribution in [0.15, 0.2) is 24.3 Å². The maximum Gasteiger partial charge on any atom is 0.251 e. The number of benzene rings is 1. The topological polar surface area (TPSA) is 75.3 Å². The molecule has 0 saturated carbocycles. The van der Waals surface area contributed by atoms with Crippen LogP contribution in [0.3, 0.4) is 0 Å². The van der Waals surface area contributed by atoms with Crippen LogP contribution in [0, 0.1) is 5.92 Å². The van der Waals surface area contributed by atoms with Crippen LogP contribution in [0.25, 0.3) is 0 Å². The molecule has 1 fully saturated rings. The van der Waals surface area contributed by atoms with E-state index in [1.807, 2.05) is 26.0 Å². The van der Waals surface area contributed by atoms with Gasteiger partial charge in [0.2, 0.25) is 0 Å². The largest absolute Gasteiger partial charge is 0.351 e. The summed E-state index contributed by atoms with van der Waals surface area (Å²) in [5.41, 5.74) is 1.77. The standard InChI is InChI=1S/C18H28N2O3S/c1-14(2)13-24(22,23)10-9-20-18(21)16-6-3-5-15(11-16)17-7-4-8-19-12-17/h3,5-6,11,14,17,19H,4,7-10,12-13H2,1-2H3,(H,20,21)/t17-/m0/s1. The molecular weight excluding hydrogens is 324 g/mol. The van der Waals surface area contributed by atoms with Crippen molar-refractivity contribution in [2.45, 2.75) is 32.6 Å². The van der Waals surface area contributed by atoms with Crippen LogP contribution in [0.1, 0.15) is 48.5 Å². The van der Waals surface area contributed by atoms with Gasteiger partial charge in [-0.2, -0.15) is 0 Å². The van der Waals surface area contributed by atoms with Crippen molar-refractivity contribution in [2.75, 3.05) is 31.1 Å². The summed E-state index contributed by atoms with van der Waals surface area (Å²) in [6.07, 6.45) is 2.28. The van der Waals surface area contributed by atoms with E-state index in [1.165, 1.54) is 5.56 Å². The summed E-state index contributed by atoms with van der Waals surface area (Å²) in [5, 5.41) is 6.11. The second kappa shape index (κ2) is 8.62. The Balaban J connectivity index is 1.90. The Morgan fingerprint density at radius 3 is 2.83 bits per heavy atom.